The second-order valence-electron chi connectivity index (χ2n) is 3.33. The fourth-order valence-electron chi connectivity index (χ4n) is 1.36. The van der Waals surface area contributed by atoms with E-state index in [0.717, 1.165) is 12.8 Å². The van der Waals surface area contributed by atoms with E-state index < -0.39 is 6.43 Å². The summed E-state index contributed by atoms with van der Waals surface area (Å²) in [6.45, 7) is 2.84. The molecule has 0 spiro atoms. The molecule has 0 unspecified atom stereocenters. The molecule has 0 aliphatic carbocycles. The first-order valence-electron chi connectivity index (χ1n) is 5.05. The molecule has 0 saturated heterocycles. The smallest absolute Gasteiger partial charge is 0.281 e. The lowest BCUT2D eigenvalue weighted by Crippen LogP contribution is -2.11. The topological polar surface area (TPSA) is 42.7 Å². The number of nitrogens with one attached hydrogen (secondary N) is 1. The number of rotatable bonds is 6. The molecular weight excluding hydrogens is 202 g/mol. The molecule has 6 heteroatoms. The van der Waals surface area contributed by atoms with Crippen molar-refractivity contribution >= 4 is 0 Å². The number of nitrogens with zero attached hydrogens (tertiary/aromatic N) is 3. The van der Waals surface area contributed by atoms with Crippen LogP contribution < -0.4 is 5.32 Å². The summed E-state index contributed by atoms with van der Waals surface area (Å²) in [5.41, 5.74) is 0.279. The van der Waals surface area contributed by atoms with Crippen LogP contribution in [0.5, 0.6) is 0 Å². The molecular formula is C9H16F2N4. The van der Waals surface area contributed by atoms with Gasteiger partial charge in [-0.05, 0) is 13.5 Å². The van der Waals surface area contributed by atoms with Gasteiger partial charge in [0.1, 0.15) is 11.4 Å². The molecule has 0 bridgehead atoms. The van der Waals surface area contributed by atoms with Crippen molar-refractivity contribution < 1.29 is 8.78 Å². The number of hydrogen-bond acceptors (Lipinski definition) is 3. The molecule has 0 aliphatic heterocycles. The van der Waals surface area contributed by atoms with Crippen molar-refractivity contribution in [2.45, 2.75) is 39.3 Å². The number of halogens is 2. The summed E-state index contributed by atoms with van der Waals surface area (Å²) >= 11 is 0. The van der Waals surface area contributed by atoms with Crippen LogP contribution in [0, 0.1) is 0 Å². The predicted octanol–water partition coefficient (Wildman–Crippen LogP) is 1.74. The lowest BCUT2D eigenvalue weighted by atomic mass is 10.3. The maximum Gasteiger partial charge on any atom is 0.281 e. The third-order valence-electron chi connectivity index (χ3n) is 2.12. The van der Waals surface area contributed by atoms with Gasteiger partial charge in [-0.3, -0.25) is 0 Å². The van der Waals surface area contributed by atoms with Crippen LogP contribution in [0.1, 0.15) is 37.6 Å². The van der Waals surface area contributed by atoms with Crippen molar-refractivity contribution in [2.24, 2.45) is 0 Å². The molecule has 0 atom stereocenters. The number of alkyl halides is 2. The largest absolute Gasteiger partial charge is 0.314 e. The molecule has 0 radical (unpaired) electrons. The predicted molar refractivity (Wildman–Crippen MR) is 52.7 cm³/mol. The van der Waals surface area contributed by atoms with E-state index in [1.807, 2.05) is 6.92 Å². The summed E-state index contributed by atoms with van der Waals surface area (Å²) < 4.78 is 26.8. The van der Waals surface area contributed by atoms with Crippen molar-refractivity contribution in [3.8, 4) is 0 Å². The molecule has 1 N–H and O–H groups in total. The quantitative estimate of drug-likeness (QED) is 0.790. The van der Waals surface area contributed by atoms with Gasteiger partial charge in [-0.25, -0.2) is 13.5 Å². The highest BCUT2D eigenvalue weighted by atomic mass is 19.3. The summed E-state index contributed by atoms with van der Waals surface area (Å²) in [6.07, 6.45) is -0.730. The van der Waals surface area contributed by atoms with Crippen LogP contribution in [-0.2, 0) is 13.1 Å². The molecule has 1 aromatic rings. The average molecular weight is 218 g/mol. The van der Waals surface area contributed by atoms with Gasteiger partial charge in [0.25, 0.3) is 6.43 Å². The minimum Gasteiger partial charge on any atom is -0.314 e. The Morgan fingerprint density at radius 2 is 2.20 bits per heavy atom. The molecule has 0 amide bonds. The van der Waals surface area contributed by atoms with E-state index >= 15 is 0 Å². The zero-order valence-electron chi connectivity index (χ0n) is 9.00. The second-order valence-corrected chi connectivity index (χ2v) is 3.33. The van der Waals surface area contributed by atoms with E-state index in [1.165, 1.54) is 4.68 Å². The summed E-state index contributed by atoms with van der Waals surface area (Å²) in [7, 11) is 1.69. The van der Waals surface area contributed by atoms with Gasteiger partial charge in [0, 0.05) is 13.1 Å². The van der Waals surface area contributed by atoms with Crippen LogP contribution in [0.4, 0.5) is 8.78 Å². The molecule has 0 saturated carbocycles. The van der Waals surface area contributed by atoms with E-state index in [2.05, 4.69) is 15.6 Å². The van der Waals surface area contributed by atoms with Gasteiger partial charge < -0.3 is 5.32 Å². The zero-order valence-corrected chi connectivity index (χ0v) is 9.00. The van der Waals surface area contributed by atoms with E-state index in [-0.39, 0.29) is 5.69 Å². The Hall–Kier alpha value is -1.04. The van der Waals surface area contributed by atoms with E-state index in [0.29, 0.717) is 18.8 Å². The van der Waals surface area contributed by atoms with Crippen molar-refractivity contribution in [3.63, 3.8) is 0 Å². The van der Waals surface area contributed by atoms with Gasteiger partial charge in [-0.15, -0.1) is 5.10 Å². The number of aromatic nitrogens is 3. The van der Waals surface area contributed by atoms with E-state index in [9.17, 15) is 8.78 Å². The molecule has 1 rings (SSSR count). The zero-order chi connectivity index (χ0) is 11.3. The van der Waals surface area contributed by atoms with Gasteiger partial charge in [0.2, 0.25) is 0 Å². The Labute approximate surface area is 87.7 Å². The van der Waals surface area contributed by atoms with Crippen LogP contribution in [0.15, 0.2) is 0 Å². The third kappa shape index (κ3) is 2.95. The summed E-state index contributed by atoms with van der Waals surface area (Å²) in [6, 6.07) is 0. The molecule has 0 aliphatic rings. The van der Waals surface area contributed by atoms with Crippen LogP contribution in [0.25, 0.3) is 0 Å². The van der Waals surface area contributed by atoms with Crippen LogP contribution >= 0.6 is 0 Å². The van der Waals surface area contributed by atoms with Gasteiger partial charge >= 0.3 is 0 Å². The number of aryl methyl sites for hydroxylation is 1. The fourth-order valence-corrected chi connectivity index (χ4v) is 1.36. The Balaban J connectivity index is 2.85. The van der Waals surface area contributed by atoms with E-state index in [4.69, 9.17) is 0 Å². The third-order valence-corrected chi connectivity index (χ3v) is 2.12. The van der Waals surface area contributed by atoms with E-state index in [1.54, 1.807) is 7.05 Å². The first kappa shape index (κ1) is 12.0. The minimum atomic E-state index is -2.51. The van der Waals surface area contributed by atoms with Crippen LogP contribution in [-0.4, -0.2) is 22.0 Å². The Bertz CT molecular complexity index is 298. The number of hydrogen-bond donors (Lipinski definition) is 1. The Morgan fingerprint density at radius 3 is 2.73 bits per heavy atom. The summed E-state index contributed by atoms with van der Waals surface area (Å²) in [5, 5.41) is 10.3. The SMILES string of the molecule is CCCCn1nnc(CNC)c1C(F)F. The molecule has 15 heavy (non-hydrogen) atoms. The van der Waals surface area contributed by atoms with Crippen molar-refractivity contribution in [2.75, 3.05) is 7.05 Å². The first-order chi connectivity index (χ1) is 7.20. The van der Waals surface area contributed by atoms with Gasteiger partial charge in [-0.2, -0.15) is 0 Å². The Kier molecular flexibility index (Phi) is 4.61. The second kappa shape index (κ2) is 5.75. The molecule has 0 aromatic carbocycles. The monoisotopic (exact) mass is 218 g/mol. The summed E-state index contributed by atoms with van der Waals surface area (Å²) in [4.78, 5) is 0. The standard InChI is InChI=1S/C9H16F2N4/c1-3-4-5-15-8(9(10)11)7(6-12-2)13-14-15/h9,12H,3-6H2,1-2H3. The summed E-state index contributed by atoms with van der Waals surface area (Å²) in [5.74, 6) is 0. The van der Waals surface area contributed by atoms with Crippen LogP contribution in [0.2, 0.25) is 0 Å². The van der Waals surface area contributed by atoms with Crippen molar-refractivity contribution in [1.29, 1.82) is 0 Å². The van der Waals surface area contributed by atoms with Gasteiger partial charge in [0.15, 0.2) is 0 Å². The molecule has 0 fully saturated rings. The minimum absolute atomic E-state index is 0.0576. The average Bonchev–Trinajstić information content (AvgIpc) is 2.58. The molecule has 4 nitrogen and oxygen atoms in total. The maximum atomic E-state index is 12.7. The number of unbranched alkanes of at least 4 members (excludes halogenated alkanes) is 1. The highest BCUT2D eigenvalue weighted by Gasteiger charge is 2.20. The molecule has 1 heterocycles. The van der Waals surface area contributed by atoms with Crippen molar-refractivity contribution in [3.05, 3.63) is 11.4 Å². The molecule has 1 aromatic heterocycles. The fraction of sp³-hybridized carbons (Fsp3) is 0.778. The normalized spacial score (nSPS) is 11.3. The highest BCUT2D eigenvalue weighted by Crippen LogP contribution is 2.21. The van der Waals surface area contributed by atoms with Gasteiger partial charge in [0.05, 0.1) is 0 Å². The lowest BCUT2D eigenvalue weighted by molar-refractivity contribution is 0.137. The highest BCUT2D eigenvalue weighted by molar-refractivity contribution is 5.11. The maximum absolute atomic E-state index is 12.7. The Morgan fingerprint density at radius 1 is 1.47 bits per heavy atom. The molecule has 86 valence electrons. The lowest BCUT2D eigenvalue weighted by Gasteiger charge is -2.05. The van der Waals surface area contributed by atoms with Crippen LogP contribution in [0.3, 0.4) is 0 Å². The van der Waals surface area contributed by atoms with Gasteiger partial charge in [-0.1, -0.05) is 18.6 Å². The first-order valence-corrected chi connectivity index (χ1v) is 5.05. The van der Waals surface area contributed by atoms with Crippen molar-refractivity contribution in [1.82, 2.24) is 20.3 Å².